The Morgan fingerprint density at radius 3 is 2.45 bits per heavy atom. The van der Waals surface area contributed by atoms with Crippen molar-refractivity contribution in [3.8, 4) is 0 Å². The molecule has 0 saturated carbocycles. The van der Waals surface area contributed by atoms with Gasteiger partial charge < -0.3 is 11.1 Å². The van der Waals surface area contributed by atoms with Crippen LogP contribution in [-0.4, -0.2) is 6.54 Å². The zero-order valence-corrected chi connectivity index (χ0v) is 6.46. The van der Waals surface area contributed by atoms with Crippen molar-refractivity contribution in [1.82, 2.24) is 5.32 Å². The molecule has 0 aromatic heterocycles. The molecule has 0 bridgehead atoms. The summed E-state index contributed by atoms with van der Waals surface area (Å²) in [5.74, 6) is 0. The highest BCUT2D eigenvalue weighted by molar-refractivity contribution is 5.19. The Labute approximate surface area is 67.4 Å². The number of hydrogen-bond acceptors (Lipinski definition) is 2. The molecule has 1 rings (SSSR count). The number of rotatable bonds is 3. The maximum atomic E-state index is 5.51. The van der Waals surface area contributed by atoms with E-state index in [1.54, 1.807) is 0 Å². The van der Waals surface area contributed by atoms with Crippen molar-refractivity contribution in [2.75, 3.05) is 6.54 Å². The second-order valence-electron chi connectivity index (χ2n) is 2.40. The van der Waals surface area contributed by atoms with Crippen LogP contribution in [0.25, 0.3) is 0 Å². The molecule has 1 unspecified atom stereocenters. The Kier molecular flexibility index (Phi) is 3.08. The summed E-state index contributed by atoms with van der Waals surface area (Å²) in [7, 11) is 3.60. The Hall–Kier alpha value is -0.860. The molecule has 0 amide bonds. The van der Waals surface area contributed by atoms with Gasteiger partial charge in [0.2, 0.25) is 0 Å². The fourth-order valence-electron chi connectivity index (χ4n) is 1.02. The Bertz CT molecular complexity index is 192. The average molecular weight is 149 g/mol. The molecule has 59 valence electrons. The lowest BCUT2D eigenvalue weighted by Gasteiger charge is -2.12. The topological polar surface area (TPSA) is 38.0 Å². The number of nitrogens with one attached hydrogen (secondary N) is 1. The maximum absolute atomic E-state index is 5.51. The molecule has 2 heteroatoms. The minimum Gasteiger partial charge on any atom is -0.329 e. The molecular weight excluding hydrogens is 136 g/mol. The van der Waals surface area contributed by atoms with Crippen molar-refractivity contribution in [2.24, 2.45) is 5.73 Å². The highest BCUT2D eigenvalue weighted by atomic mass is 14.9. The first-order valence-corrected chi connectivity index (χ1v) is 3.66. The molecule has 0 aliphatic heterocycles. The third-order valence-electron chi connectivity index (χ3n) is 1.68. The fraction of sp³-hybridized carbons (Fsp3) is 0.222. The Balaban J connectivity index is 2.74. The monoisotopic (exact) mass is 149 g/mol. The van der Waals surface area contributed by atoms with Gasteiger partial charge >= 0.3 is 0 Å². The van der Waals surface area contributed by atoms with Gasteiger partial charge in [-0.3, -0.25) is 0 Å². The molecule has 0 aliphatic rings. The summed E-state index contributed by atoms with van der Waals surface area (Å²) in [6.07, 6.45) is 0. The molecule has 1 aromatic carbocycles. The third-order valence-corrected chi connectivity index (χ3v) is 1.68. The van der Waals surface area contributed by atoms with Gasteiger partial charge in [-0.1, -0.05) is 30.3 Å². The van der Waals surface area contributed by atoms with E-state index in [0.29, 0.717) is 6.54 Å². The molecule has 2 nitrogen and oxygen atoms in total. The lowest BCUT2D eigenvalue weighted by Crippen LogP contribution is -2.23. The van der Waals surface area contributed by atoms with E-state index in [0.717, 1.165) is 0 Å². The molecule has 0 aliphatic carbocycles. The van der Waals surface area contributed by atoms with Crippen LogP contribution in [0.3, 0.4) is 0 Å². The van der Waals surface area contributed by atoms with Crippen molar-refractivity contribution < 1.29 is 0 Å². The summed E-state index contributed by atoms with van der Waals surface area (Å²) in [6, 6.07) is 10.2. The Morgan fingerprint density at radius 1 is 1.36 bits per heavy atom. The highest BCUT2D eigenvalue weighted by Gasteiger charge is 2.03. The van der Waals surface area contributed by atoms with E-state index in [1.165, 1.54) is 5.56 Å². The molecule has 1 atom stereocenters. The fourth-order valence-corrected chi connectivity index (χ4v) is 1.02. The minimum atomic E-state index is 0.177. The van der Waals surface area contributed by atoms with Gasteiger partial charge in [0, 0.05) is 19.6 Å². The predicted molar refractivity (Wildman–Crippen MR) is 46.7 cm³/mol. The summed E-state index contributed by atoms with van der Waals surface area (Å²) in [5, 5.41) is 2.89. The summed E-state index contributed by atoms with van der Waals surface area (Å²) in [6.45, 7) is 0.577. The van der Waals surface area contributed by atoms with Crippen LogP contribution in [0.4, 0.5) is 0 Å². The zero-order chi connectivity index (χ0) is 8.10. The van der Waals surface area contributed by atoms with E-state index in [2.05, 4.69) is 12.4 Å². The van der Waals surface area contributed by atoms with Gasteiger partial charge in [-0.05, 0) is 5.56 Å². The van der Waals surface area contributed by atoms with Crippen LogP contribution in [0, 0.1) is 7.05 Å². The summed E-state index contributed by atoms with van der Waals surface area (Å²) >= 11 is 0. The second kappa shape index (κ2) is 4.11. The second-order valence-corrected chi connectivity index (χ2v) is 2.40. The van der Waals surface area contributed by atoms with Crippen LogP contribution >= 0.6 is 0 Å². The number of hydrogen-bond donors (Lipinski definition) is 2. The number of benzene rings is 1. The van der Waals surface area contributed by atoms with Crippen molar-refractivity contribution in [3.05, 3.63) is 42.9 Å². The highest BCUT2D eigenvalue weighted by Crippen LogP contribution is 2.09. The molecule has 0 fully saturated rings. The quantitative estimate of drug-likeness (QED) is 0.674. The average Bonchev–Trinajstić information content (AvgIpc) is 2.09. The standard InChI is InChI=1S/C9H13N2/c1-11-9(7-10)8-5-3-2-4-6-8/h2-6,9,11H,1,7,10H2. The van der Waals surface area contributed by atoms with Crippen LogP contribution < -0.4 is 11.1 Å². The van der Waals surface area contributed by atoms with Crippen LogP contribution in [0.5, 0.6) is 0 Å². The third kappa shape index (κ3) is 2.03. The predicted octanol–water partition coefficient (Wildman–Crippen LogP) is 1.07. The van der Waals surface area contributed by atoms with Gasteiger partial charge in [0.1, 0.15) is 0 Å². The first kappa shape index (κ1) is 8.24. The lowest BCUT2D eigenvalue weighted by atomic mass is 10.1. The molecule has 0 saturated heterocycles. The van der Waals surface area contributed by atoms with Gasteiger partial charge in [0.05, 0.1) is 0 Å². The molecule has 11 heavy (non-hydrogen) atoms. The van der Waals surface area contributed by atoms with Gasteiger partial charge in [-0.15, -0.1) is 0 Å². The van der Waals surface area contributed by atoms with Gasteiger partial charge in [0.15, 0.2) is 0 Å². The first-order chi connectivity index (χ1) is 5.38. The summed E-state index contributed by atoms with van der Waals surface area (Å²) < 4.78 is 0. The smallest absolute Gasteiger partial charge is 0.0444 e. The van der Waals surface area contributed by atoms with Crippen LogP contribution in [0.1, 0.15) is 11.6 Å². The summed E-state index contributed by atoms with van der Waals surface area (Å²) in [5.41, 5.74) is 6.70. The van der Waals surface area contributed by atoms with E-state index in [4.69, 9.17) is 5.73 Å². The maximum Gasteiger partial charge on any atom is 0.0444 e. The molecule has 0 heterocycles. The molecule has 0 spiro atoms. The SMILES string of the molecule is [CH2]NC(CN)c1ccccc1. The van der Waals surface area contributed by atoms with E-state index in [1.807, 2.05) is 30.3 Å². The molecule has 1 aromatic rings. The largest absolute Gasteiger partial charge is 0.329 e. The van der Waals surface area contributed by atoms with E-state index >= 15 is 0 Å². The van der Waals surface area contributed by atoms with Crippen molar-refractivity contribution in [2.45, 2.75) is 6.04 Å². The summed E-state index contributed by atoms with van der Waals surface area (Å²) in [4.78, 5) is 0. The van der Waals surface area contributed by atoms with Crippen LogP contribution in [0.15, 0.2) is 30.3 Å². The van der Waals surface area contributed by atoms with Crippen molar-refractivity contribution in [3.63, 3.8) is 0 Å². The molecule has 1 radical (unpaired) electrons. The van der Waals surface area contributed by atoms with Gasteiger partial charge in [0.25, 0.3) is 0 Å². The number of nitrogens with two attached hydrogens (primary N) is 1. The van der Waals surface area contributed by atoms with Crippen molar-refractivity contribution >= 4 is 0 Å². The molecular formula is C9H13N2. The van der Waals surface area contributed by atoms with E-state index in [-0.39, 0.29) is 6.04 Å². The minimum absolute atomic E-state index is 0.177. The van der Waals surface area contributed by atoms with Crippen molar-refractivity contribution in [1.29, 1.82) is 0 Å². The lowest BCUT2D eigenvalue weighted by molar-refractivity contribution is 0.630. The first-order valence-electron chi connectivity index (χ1n) is 3.66. The normalized spacial score (nSPS) is 12.9. The van der Waals surface area contributed by atoms with Gasteiger partial charge in [-0.2, -0.15) is 0 Å². The van der Waals surface area contributed by atoms with Crippen LogP contribution in [-0.2, 0) is 0 Å². The van der Waals surface area contributed by atoms with Gasteiger partial charge in [-0.25, -0.2) is 0 Å². The van der Waals surface area contributed by atoms with E-state index < -0.39 is 0 Å². The molecule has 3 N–H and O–H groups in total. The Morgan fingerprint density at radius 2 is 2.00 bits per heavy atom. The van der Waals surface area contributed by atoms with Crippen LogP contribution in [0.2, 0.25) is 0 Å². The zero-order valence-electron chi connectivity index (χ0n) is 6.46. The van der Waals surface area contributed by atoms with E-state index in [9.17, 15) is 0 Å².